The second kappa shape index (κ2) is 9.78. The lowest BCUT2D eigenvalue weighted by atomic mass is 10.1. The van der Waals surface area contributed by atoms with Crippen LogP contribution in [0, 0.1) is 5.92 Å². The molecule has 1 aliphatic heterocycles. The minimum atomic E-state index is -0.410. The van der Waals surface area contributed by atoms with Gasteiger partial charge in [-0.1, -0.05) is 29.8 Å². The van der Waals surface area contributed by atoms with Gasteiger partial charge in [-0.3, -0.25) is 4.79 Å². The molecule has 1 amide bonds. The molecule has 0 spiro atoms. The highest BCUT2D eigenvalue weighted by molar-refractivity contribution is 6.30. The predicted octanol–water partition coefficient (Wildman–Crippen LogP) is 2.65. The van der Waals surface area contributed by atoms with Gasteiger partial charge in [-0.05, 0) is 35.9 Å². The highest BCUT2D eigenvalue weighted by atomic mass is 35.5. The maximum absolute atomic E-state index is 12.3. The normalized spacial score (nSPS) is 18.8. The number of ether oxygens (including phenoxy) is 1. The third kappa shape index (κ3) is 5.61. The maximum Gasteiger partial charge on any atom is 0.251 e. The molecule has 1 fully saturated rings. The van der Waals surface area contributed by atoms with Crippen molar-refractivity contribution < 1.29 is 14.6 Å². The number of aliphatic hydroxyl groups excluding tert-OH is 1. The molecular formula is C19H22Cl2N2O3. The van der Waals surface area contributed by atoms with Gasteiger partial charge < -0.3 is 20.5 Å². The highest BCUT2D eigenvalue weighted by Gasteiger charge is 2.25. The van der Waals surface area contributed by atoms with E-state index in [4.69, 9.17) is 16.3 Å². The molecule has 0 saturated carbocycles. The van der Waals surface area contributed by atoms with E-state index in [9.17, 15) is 9.90 Å². The first-order chi connectivity index (χ1) is 12.1. The Balaban J connectivity index is 0.00000243. The van der Waals surface area contributed by atoms with Gasteiger partial charge in [-0.25, -0.2) is 0 Å². The van der Waals surface area contributed by atoms with Gasteiger partial charge in [-0.15, -0.1) is 12.4 Å². The van der Waals surface area contributed by atoms with Crippen molar-refractivity contribution in [3.05, 3.63) is 64.7 Å². The lowest BCUT2D eigenvalue weighted by Gasteiger charge is -2.14. The number of rotatable bonds is 6. The van der Waals surface area contributed by atoms with Crippen LogP contribution in [0.25, 0.3) is 0 Å². The van der Waals surface area contributed by atoms with E-state index < -0.39 is 6.10 Å². The van der Waals surface area contributed by atoms with E-state index in [1.807, 2.05) is 30.3 Å². The number of hydrogen-bond acceptors (Lipinski definition) is 4. The molecule has 26 heavy (non-hydrogen) atoms. The Kier molecular flexibility index (Phi) is 7.72. The van der Waals surface area contributed by atoms with E-state index in [2.05, 4.69) is 10.6 Å². The molecule has 2 aromatic carbocycles. The first-order valence-corrected chi connectivity index (χ1v) is 8.64. The van der Waals surface area contributed by atoms with Crippen LogP contribution in [0.2, 0.25) is 5.02 Å². The minimum absolute atomic E-state index is 0. The van der Waals surface area contributed by atoms with Crippen molar-refractivity contribution in [2.45, 2.75) is 12.7 Å². The molecule has 0 aliphatic carbocycles. The molecule has 5 nitrogen and oxygen atoms in total. The molecule has 1 aliphatic rings. The van der Waals surface area contributed by atoms with Crippen molar-refractivity contribution in [2.24, 2.45) is 5.92 Å². The summed E-state index contributed by atoms with van der Waals surface area (Å²) in [4.78, 5) is 12.3. The van der Waals surface area contributed by atoms with Crippen LogP contribution >= 0.6 is 24.0 Å². The molecule has 1 saturated heterocycles. The Bertz CT molecular complexity index is 742. The number of carbonyl (C=O) groups excluding carboxylic acids is 1. The summed E-state index contributed by atoms with van der Waals surface area (Å²) in [6.45, 7) is 2.11. The number of benzene rings is 2. The number of aliphatic hydroxyl groups is 1. The predicted molar refractivity (Wildman–Crippen MR) is 104 cm³/mol. The summed E-state index contributed by atoms with van der Waals surface area (Å²) >= 11 is 5.96. The summed E-state index contributed by atoms with van der Waals surface area (Å²) in [6.07, 6.45) is -0.410. The smallest absolute Gasteiger partial charge is 0.251 e. The van der Waals surface area contributed by atoms with Gasteiger partial charge >= 0.3 is 0 Å². The molecule has 3 rings (SSSR count). The lowest BCUT2D eigenvalue weighted by Crippen LogP contribution is -2.34. The zero-order chi connectivity index (χ0) is 17.6. The van der Waals surface area contributed by atoms with Gasteiger partial charge in [0.15, 0.2) is 0 Å². The molecule has 2 unspecified atom stereocenters. The van der Waals surface area contributed by atoms with Crippen LogP contribution in [0.15, 0.2) is 48.5 Å². The van der Waals surface area contributed by atoms with Crippen LogP contribution in [0.3, 0.4) is 0 Å². The lowest BCUT2D eigenvalue weighted by molar-refractivity contribution is 0.0926. The Morgan fingerprint density at radius 1 is 1.23 bits per heavy atom. The molecule has 0 bridgehead atoms. The molecule has 3 N–H and O–H groups in total. The topological polar surface area (TPSA) is 70.6 Å². The monoisotopic (exact) mass is 396 g/mol. The van der Waals surface area contributed by atoms with Crippen LogP contribution in [0.4, 0.5) is 0 Å². The van der Waals surface area contributed by atoms with Crippen molar-refractivity contribution in [1.82, 2.24) is 10.6 Å². The van der Waals surface area contributed by atoms with Crippen molar-refractivity contribution in [3.8, 4) is 5.75 Å². The van der Waals surface area contributed by atoms with Gasteiger partial charge in [0.1, 0.15) is 12.4 Å². The third-order valence-electron chi connectivity index (χ3n) is 4.22. The highest BCUT2D eigenvalue weighted by Crippen LogP contribution is 2.17. The number of hydrogen-bond donors (Lipinski definition) is 3. The van der Waals surface area contributed by atoms with Crippen LogP contribution < -0.4 is 15.4 Å². The number of nitrogens with one attached hydrogen (secondary N) is 2. The van der Waals surface area contributed by atoms with E-state index in [0.29, 0.717) is 42.6 Å². The minimum Gasteiger partial charge on any atom is -0.489 e. The standard InChI is InChI=1S/C19H21ClN2O3.ClH/c20-16-5-1-3-13(7-16)12-25-17-6-2-4-14(8-17)19(24)22-10-15-9-21-11-18(15)23;/h1-8,15,18,21,23H,9-12H2,(H,22,24);1H. The van der Waals surface area contributed by atoms with Crippen molar-refractivity contribution in [2.75, 3.05) is 19.6 Å². The first kappa shape index (κ1) is 20.5. The van der Waals surface area contributed by atoms with Gasteiger partial charge in [0.05, 0.1) is 6.10 Å². The zero-order valence-electron chi connectivity index (χ0n) is 14.2. The number of amides is 1. The van der Waals surface area contributed by atoms with Crippen LogP contribution in [-0.4, -0.2) is 36.8 Å². The Morgan fingerprint density at radius 3 is 2.77 bits per heavy atom. The summed E-state index contributed by atoms with van der Waals surface area (Å²) in [7, 11) is 0. The Labute approximate surface area is 164 Å². The van der Waals surface area contributed by atoms with Gasteiger partial charge in [-0.2, -0.15) is 0 Å². The summed E-state index contributed by atoms with van der Waals surface area (Å²) in [5.41, 5.74) is 1.49. The Hall–Kier alpha value is -1.79. The van der Waals surface area contributed by atoms with E-state index in [1.54, 1.807) is 18.2 Å². The van der Waals surface area contributed by atoms with Crippen molar-refractivity contribution >= 4 is 29.9 Å². The number of β-amino-alcohol motifs (C(OH)–C–C–N with tert-alkyl or cyclic N) is 1. The van der Waals surface area contributed by atoms with Crippen molar-refractivity contribution in [1.29, 1.82) is 0 Å². The zero-order valence-corrected chi connectivity index (χ0v) is 15.7. The second-order valence-electron chi connectivity index (χ2n) is 6.14. The molecule has 0 radical (unpaired) electrons. The molecule has 7 heteroatoms. The molecular weight excluding hydrogens is 375 g/mol. The largest absolute Gasteiger partial charge is 0.489 e. The van der Waals surface area contributed by atoms with E-state index in [1.165, 1.54) is 0 Å². The third-order valence-corrected chi connectivity index (χ3v) is 4.45. The summed E-state index contributed by atoms with van der Waals surface area (Å²) in [6, 6.07) is 14.5. The number of halogens is 2. The van der Waals surface area contributed by atoms with E-state index >= 15 is 0 Å². The van der Waals surface area contributed by atoms with Gasteiger partial charge in [0.25, 0.3) is 5.91 Å². The second-order valence-corrected chi connectivity index (χ2v) is 6.58. The fraction of sp³-hybridized carbons (Fsp3) is 0.316. The molecule has 140 valence electrons. The first-order valence-electron chi connectivity index (χ1n) is 8.26. The number of carbonyl (C=O) groups is 1. The quantitative estimate of drug-likeness (QED) is 0.701. The van der Waals surface area contributed by atoms with Crippen LogP contribution in [-0.2, 0) is 6.61 Å². The van der Waals surface area contributed by atoms with Gasteiger partial charge in [0.2, 0.25) is 0 Å². The summed E-state index contributed by atoms with van der Waals surface area (Å²) in [5, 5.41) is 16.4. The fourth-order valence-electron chi connectivity index (χ4n) is 2.77. The summed E-state index contributed by atoms with van der Waals surface area (Å²) in [5.74, 6) is 0.494. The molecule has 1 heterocycles. The molecule has 0 aromatic heterocycles. The van der Waals surface area contributed by atoms with E-state index in [-0.39, 0.29) is 24.2 Å². The fourth-order valence-corrected chi connectivity index (χ4v) is 2.99. The van der Waals surface area contributed by atoms with Gasteiger partial charge in [0, 0.05) is 36.1 Å². The average molecular weight is 397 g/mol. The van der Waals surface area contributed by atoms with E-state index in [0.717, 1.165) is 5.56 Å². The summed E-state index contributed by atoms with van der Waals surface area (Å²) < 4.78 is 5.74. The van der Waals surface area contributed by atoms with Crippen LogP contribution in [0.1, 0.15) is 15.9 Å². The average Bonchev–Trinajstić information content (AvgIpc) is 3.03. The van der Waals surface area contributed by atoms with Crippen molar-refractivity contribution in [3.63, 3.8) is 0 Å². The maximum atomic E-state index is 12.3. The molecule has 2 aromatic rings. The van der Waals surface area contributed by atoms with Crippen LogP contribution in [0.5, 0.6) is 5.75 Å². The molecule has 2 atom stereocenters. The Morgan fingerprint density at radius 2 is 2.04 bits per heavy atom. The SMILES string of the molecule is Cl.O=C(NCC1CNCC1O)c1cccc(OCc2cccc(Cl)c2)c1.